The molecule has 0 bridgehead atoms. The number of carbonyl (C=O) groups is 3. The van der Waals surface area contributed by atoms with Crippen LogP contribution in [-0.4, -0.2) is 47.9 Å². The lowest BCUT2D eigenvalue weighted by Crippen LogP contribution is -2.31. The third kappa shape index (κ3) is 3.96. The number of aromatic amines is 1. The molecule has 1 aromatic heterocycles. The number of alkyl halides is 3. The summed E-state index contributed by atoms with van der Waals surface area (Å²) in [4.78, 5) is 41.1. The summed E-state index contributed by atoms with van der Waals surface area (Å²) >= 11 is 0. The molecule has 3 amide bonds. The number of aromatic nitrogens is 1. The fourth-order valence-electron chi connectivity index (χ4n) is 3.57. The average Bonchev–Trinajstić information content (AvgIpc) is 3.28. The van der Waals surface area contributed by atoms with Crippen molar-refractivity contribution in [3.05, 3.63) is 64.8 Å². The van der Waals surface area contributed by atoms with E-state index in [1.807, 2.05) is 0 Å². The first kappa shape index (κ1) is 21.6. The third-order valence-corrected chi connectivity index (χ3v) is 5.15. The Kier molecular flexibility index (Phi) is 5.47. The molecular weight excluding hydrogens is 427 g/mol. The molecule has 0 fully saturated rings. The molecule has 3 aromatic rings. The average molecular weight is 445 g/mol. The Morgan fingerprint density at radius 1 is 1.06 bits per heavy atom. The largest absolute Gasteiger partial charge is 0.431 e. The fourth-order valence-corrected chi connectivity index (χ4v) is 3.57. The molecule has 2 heterocycles. The van der Waals surface area contributed by atoms with Crippen LogP contribution in [0.4, 0.5) is 18.9 Å². The first-order valence-corrected chi connectivity index (χ1v) is 9.69. The third-order valence-electron chi connectivity index (χ3n) is 5.15. The molecule has 0 radical (unpaired) electrons. The van der Waals surface area contributed by atoms with E-state index in [0.717, 1.165) is 11.0 Å². The van der Waals surface area contributed by atoms with Crippen molar-refractivity contribution < 1.29 is 32.3 Å². The van der Waals surface area contributed by atoms with Crippen LogP contribution in [0.15, 0.2) is 42.5 Å². The highest BCUT2D eigenvalue weighted by molar-refractivity contribution is 6.22. The number of benzene rings is 2. The second kappa shape index (κ2) is 8.12. The molecular formula is C22H18F3N3O4. The molecule has 2 aromatic carbocycles. The van der Waals surface area contributed by atoms with Crippen molar-refractivity contribution in [1.29, 1.82) is 0 Å². The molecule has 4 rings (SSSR count). The van der Waals surface area contributed by atoms with Gasteiger partial charge < -0.3 is 15.0 Å². The van der Waals surface area contributed by atoms with Gasteiger partial charge in [0.05, 0.1) is 11.1 Å². The van der Waals surface area contributed by atoms with Crippen LogP contribution in [0.1, 0.15) is 43.2 Å². The Morgan fingerprint density at radius 2 is 1.81 bits per heavy atom. The summed E-state index contributed by atoms with van der Waals surface area (Å²) in [6, 6.07) is 9.47. The van der Waals surface area contributed by atoms with Crippen LogP contribution >= 0.6 is 0 Å². The van der Waals surface area contributed by atoms with E-state index in [9.17, 15) is 27.6 Å². The quantitative estimate of drug-likeness (QED) is 0.442. The molecule has 2 N–H and O–H groups in total. The number of H-pyrrole nitrogens is 1. The second-order valence-electron chi connectivity index (χ2n) is 7.31. The molecule has 32 heavy (non-hydrogen) atoms. The molecule has 10 heteroatoms. The Hall–Kier alpha value is -3.66. The predicted octanol–water partition coefficient (Wildman–Crippen LogP) is 4.07. The summed E-state index contributed by atoms with van der Waals surface area (Å²) in [6.07, 6.45) is -4.01. The maximum absolute atomic E-state index is 12.9. The predicted molar refractivity (Wildman–Crippen MR) is 110 cm³/mol. The van der Waals surface area contributed by atoms with Crippen LogP contribution in [0.25, 0.3) is 10.9 Å². The Bertz CT molecular complexity index is 1230. The van der Waals surface area contributed by atoms with Gasteiger partial charge in [0.15, 0.2) is 0 Å². The highest BCUT2D eigenvalue weighted by atomic mass is 19.4. The van der Waals surface area contributed by atoms with E-state index in [2.05, 4.69) is 10.3 Å². The lowest BCUT2D eigenvalue weighted by molar-refractivity contribution is -0.140. The number of halogens is 3. The van der Waals surface area contributed by atoms with Crippen molar-refractivity contribution in [2.45, 2.75) is 12.6 Å². The van der Waals surface area contributed by atoms with Gasteiger partial charge in [0, 0.05) is 42.4 Å². The standard InChI is InChI=1S/C22H18F3N3O4/c1-32-8-2-7-28-20(30)15-5-3-12(10-16(15)21(28)31)19(29)26-14-4-6-17-13(9-14)11-18(27-17)22(23,24)25/h3-6,9-11,27H,2,7-8H2,1H3,(H,26,29). The Morgan fingerprint density at radius 3 is 2.53 bits per heavy atom. The molecule has 1 aliphatic heterocycles. The number of methoxy groups -OCH3 is 1. The SMILES string of the molecule is COCCCN1C(=O)c2ccc(C(=O)Nc3ccc4[nH]c(C(F)(F)F)cc4c3)cc2C1=O. The first-order valence-electron chi connectivity index (χ1n) is 9.69. The minimum Gasteiger partial charge on any atom is -0.385 e. The monoisotopic (exact) mass is 445 g/mol. The molecule has 0 saturated carbocycles. The van der Waals surface area contributed by atoms with E-state index < -0.39 is 29.6 Å². The number of anilines is 1. The van der Waals surface area contributed by atoms with Gasteiger partial charge in [-0.25, -0.2) is 0 Å². The van der Waals surface area contributed by atoms with Crippen molar-refractivity contribution in [2.75, 3.05) is 25.6 Å². The maximum atomic E-state index is 12.9. The summed E-state index contributed by atoms with van der Waals surface area (Å²) in [5.74, 6) is -1.47. The highest BCUT2D eigenvalue weighted by Crippen LogP contribution is 2.32. The van der Waals surface area contributed by atoms with Gasteiger partial charge in [-0.2, -0.15) is 13.2 Å². The van der Waals surface area contributed by atoms with Gasteiger partial charge >= 0.3 is 6.18 Å². The smallest absolute Gasteiger partial charge is 0.385 e. The number of hydrogen-bond acceptors (Lipinski definition) is 4. The van der Waals surface area contributed by atoms with Crippen LogP contribution < -0.4 is 5.32 Å². The van der Waals surface area contributed by atoms with Crippen molar-refractivity contribution in [3.8, 4) is 0 Å². The van der Waals surface area contributed by atoms with Crippen LogP contribution in [-0.2, 0) is 10.9 Å². The van der Waals surface area contributed by atoms with E-state index in [-0.39, 0.29) is 34.1 Å². The van der Waals surface area contributed by atoms with Crippen molar-refractivity contribution in [2.24, 2.45) is 0 Å². The maximum Gasteiger partial charge on any atom is 0.431 e. The zero-order valence-electron chi connectivity index (χ0n) is 16.9. The minimum atomic E-state index is -4.51. The molecule has 7 nitrogen and oxygen atoms in total. The topological polar surface area (TPSA) is 91.5 Å². The number of carbonyl (C=O) groups excluding carboxylic acids is 3. The summed E-state index contributed by atoms with van der Waals surface area (Å²) < 4.78 is 43.6. The molecule has 0 saturated heterocycles. The molecule has 0 unspecified atom stereocenters. The Balaban J connectivity index is 1.53. The number of fused-ring (bicyclic) bond motifs is 2. The van der Waals surface area contributed by atoms with Gasteiger partial charge in [-0.05, 0) is 48.9 Å². The number of ether oxygens (including phenoxy) is 1. The summed E-state index contributed by atoms with van der Waals surface area (Å²) in [6.45, 7) is 0.606. The van der Waals surface area contributed by atoms with Gasteiger partial charge in [0.2, 0.25) is 0 Å². The van der Waals surface area contributed by atoms with E-state index >= 15 is 0 Å². The summed E-state index contributed by atoms with van der Waals surface area (Å²) in [7, 11) is 1.52. The van der Waals surface area contributed by atoms with Gasteiger partial charge in [-0.3, -0.25) is 19.3 Å². The number of nitrogens with zero attached hydrogens (tertiary/aromatic N) is 1. The second-order valence-corrected chi connectivity index (χ2v) is 7.31. The van der Waals surface area contributed by atoms with Crippen molar-refractivity contribution in [1.82, 2.24) is 9.88 Å². The van der Waals surface area contributed by atoms with Crippen LogP contribution in [0.5, 0.6) is 0 Å². The number of rotatable bonds is 6. The normalized spacial score (nSPS) is 13.7. The number of nitrogens with one attached hydrogen (secondary N) is 2. The number of hydrogen-bond donors (Lipinski definition) is 2. The van der Waals surface area contributed by atoms with Crippen molar-refractivity contribution in [3.63, 3.8) is 0 Å². The minimum absolute atomic E-state index is 0.135. The number of amides is 3. The van der Waals surface area contributed by atoms with Crippen molar-refractivity contribution >= 4 is 34.3 Å². The fraction of sp³-hybridized carbons (Fsp3) is 0.227. The molecule has 0 spiro atoms. The molecule has 1 aliphatic rings. The van der Waals surface area contributed by atoms with Crippen LogP contribution in [0.3, 0.4) is 0 Å². The number of imide groups is 1. The van der Waals surface area contributed by atoms with Crippen LogP contribution in [0, 0.1) is 0 Å². The van der Waals surface area contributed by atoms with E-state index in [1.165, 1.54) is 43.5 Å². The molecule has 0 aliphatic carbocycles. The van der Waals surface area contributed by atoms with E-state index in [0.29, 0.717) is 18.7 Å². The van der Waals surface area contributed by atoms with Crippen LogP contribution in [0.2, 0.25) is 0 Å². The highest BCUT2D eigenvalue weighted by Gasteiger charge is 2.35. The Labute approximate surface area is 180 Å². The van der Waals surface area contributed by atoms with E-state index in [4.69, 9.17) is 4.74 Å². The lowest BCUT2D eigenvalue weighted by atomic mass is 10.1. The summed E-state index contributed by atoms with van der Waals surface area (Å²) in [5.41, 5.74) is 0.194. The van der Waals surface area contributed by atoms with Gasteiger partial charge in [-0.1, -0.05) is 0 Å². The molecule has 0 atom stereocenters. The van der Waals surface area contributed by atoms with Gasteiger partial charge in [-0.15, -0.1) is 0 Å². The zero-order chi connectivity index (χ0) is 23.0. The van der Waals surface area contributed by atoms with Gasteiger partial charge in [0.25, 0.3) is 17.7 Å². The lowest BCUT2D eigenvalue weighted by Gasteiger charge is -2.12. The molecule has 166 valence electrons. The zero-order valence-corrected chi connectivity index (χ0v) is 16.9. The summed E-state index contributed by atoms with van der Waals surface area (Å²) in [5, 5.41) is 2.90. The van der Waals surface area contributed by atoms with E-state index in [1.54, 1.807) is 0 Å². The van der Waals surface area contributed by atoms with Gasteiger partial charge in [0.1, 0.15) is 5.69 Å². The first-order chi connectivity index (χ1) is 15.2.